The molecule has 1 aliphatic rings. The lowest BCUT2D eigenvalue weighted by Crippen LogP contribution is -2.47. The van der Waals surface area contributed by atoms with Crippen molar-refractivity contribution in [3.63, 3.8) is 0 Å². The molecule has 0 N–H and O–H groups in total. The monoisotopic (exact) mass is 230 g/mol. The van der Waals surface area contributed by atoms with Crippen molar-refractivity contribution in [3.8, 4) is 0 Å². The molecule has 0 saturated carbocycles. The molecule has 0 aromatic rings. The van der Waals surface area contributed by atoms with Gasteiger partial charge in [-0.05, 0) is 26.1 Å². The van der Waals surface area contributed by atoms with Gasteiger partial charge in [-0.1, -0.05) is 12.2 Å². The summed E-state index contributed by atoms with van der Waals surface area (Å²) in [6.07, 6.45) is 0. The Morgan fingerprint density at radius 1 is 1.43 bits per heavy atom. The maximum absolute atomic E-state index is 5.37. The van der Waals surface area contributed by atoms with E-state index < -0.39 is 5.54 Å². The van der Waals surface area contributed by atoms with Crippen molar-refractivity contribution in [2.75, 3.05) is 26.3 Å². The summed E-state index contributed by atoms with van der Waals surface area (Å²) in [5, 5.41) is 2.39. The Labute approximate surface area is 95.1 Å². The average molecular weight is 230 g/mol. The number of rotatable bonds is 2. The second-order valence-electron chi connectivity index (χ2n) is 3.67. The van der Waals surface area contributed by atoms with Crippen molar-refractivity contribution in [2.24, 2.45) is 4.99 Å². The highest BCUT2D eigenvalue weighted by Gasteiger charge is 2.28. The fourth-order valence-electron chi connectivity index (χ4n) is 1.32. The molecule has 14 heavy (non-hydrogen) atoms. The molecule has 0 spiro atoms. The van der Waals surface area contributed by atoms with Gasteiger partial charge in [-0.25, -0.2) is 4.99 Å². The zero-order valence-corrected chi connectivity index (χ0v) is 10.1. The number of aliphatic imine (C=N–C) groups is 1. The zero-order chi connectivity index (χ0) is 10.6. The van der Waals surface area contributed by atoms with Crippen molar-refractivity contribution < 1.29 is 4.74 Å². The highest BCUT2D eigenvalue weighted by Crippen LogP contribution is 2.15. The van der Waals surface area contributed by atoms with Gasteiger partial charge in [-0.3, -0.25) is 0 Å². The Hall–Kier alpha value is -0.350. The highest BCUT2D eigenvalue weighted by atomic mass is 32.1. The van der Waals surface area contributed by atoms with Crippen LogP contribution in [-0.4, -0.2) is 46.9 Å². The number of thiocarbonyl (C=S) groups is 2. The lowest BCUT2D eigenvalue weighted by molar-refractivity contribution is 0.0670. The molecular formula is C9H14N2OS2. The van der Waals surface area contributed by atoms with Gasteiger partial charge in [0, 0.05) is 13.1 Å². The second kappa shape index (κ2) is 4.94. The Bertz CT molecular complexity index is 266. The van der Waals surface area contributed by atoms with Gasteiger partial charge in [0.1, 0.15) is 10.5 Å². The first-order valence-electron chi connectivity index (χ1n) is 4.54. The molecule has 0 radical (unpaired) electrons. The van der Waals surface area contributed by atoms with E-state index in [1.54, 1.807) is 0 Å². The summed E-state index contributed by atoms with van der Waals surface area (Å²) in [7, 11) is 0. The molecular weight excluding hydrogens is 216 g/mol. The molecule has 1 heterocycles. The number of morpholine rings is 1. The minimum Gasteiger partial charge on any atom is -0.378 e. The van der Waals surface area contributed by atoms with Crippen molar-refractivity contribution in [1.29, 1.82) is 0 Å². The minimum absolute atomic E-state index is 0.422. The van der Waals surface area contributed by atoms with Crippen LogP contribution < -0.4 is 0 Å². The predicted octanol–water partition coefficient (Wildman–Crippen LogP) is 1.53. The van der Waals surface area contributed by atoms with E-state index in [0.717, 1.165) is 31.3 Å². The average Bonchev–Trinajstić information content (AvgIpc) is 2.18. The van der Waals surface area contributed by atoms with Gasteiger partial charge in [0.15, 0.2) is 0 Å². The molecule has 0 bridgehead atoms. The smallest absolute Gasteiger partial charge is 0.115 e. The first kappa shape index (κ1) is 11.7. The van der Waals surface area contributed by atoms with E-state index in [2.05, 4.69) is 27.3 Å². The van der Waals surface area contributed by atoms with Gasteiger partial charge in [0.2, 0.25) is 0 Å². The molecule has 78 valence electrons. The molecule has 0 atom stereocenters. The van der Waals surface area contributed by atoms with Crippen LogP contribution in [0.1, 0.15) is 13.8 Å². The molecule has 0 unspecified atom stereocenters. The molecule has 1 rings (SSSR count). The van der Waals surface area contributed by atoms with Gasteiger partial charge in [0.25, 0.3) is 0 Å². The number of isothiocyanates is 1. The van der Waals surface area contributed by atoms with Crippen molar-refractivity contribution in [2.45, 2.75) is 19.4 Å². The third kappa shape index (κ3) is 2.82. The SMILES string of the molecule is CC(C)(N=C=S)C(=S)N1CCOCC1. The summed E-state index contributed by atoms with van der Waals surface area (Å²) >= 11 is 9.97. The van der Waals surface area contributed by atoms with E-state index in [4.69, 9.17) is 17.0 Å². The predicted molar refractivity (Wildman–Crippen MR) is 64.1 cm³/mol. The molecule has 1 saturated heterocycles. The van der Waals surface area contributed by atoms with Crippen LogP contribution in [0.2, 0.25) is 0 Å². The van der Waals surface area contributed by atoms with E-state index in [1.165, 1.54) is 0 Å². The first-order valence-corrected chi connectivity index (χ1v) is 5.36. The van der Waals surface area contributed by atoms with Crippen molar-refractivity contribution in [3.05, 3.63) is 0 Å². The van der Waals surface area contributed by atoms with E-state index in [9.17, 15) is 0 Å². The van der Waals surface area contributed by atoms with Gasteiger partial charge < -0.3 is 9.64 Å². The summed E-state index contributed by atoms with van der Waals surface area (Å²) in [6, 6.07) is 0. The number of nitrogens with zero attached hydrogens (tertiary/aromatic N) is 2. The Kier molecular flexibility index (Phi) is 4.13. The van der Waals surface area contributed by atoms with Crippen LogP contribution in [0.3, 0.4) is 0 Å². The van der Waals surface area contributed by atoms with Crippen LogP contribution in [0, 0.1) is 0 Å². The summed E-state index contributed by atoms with van der Waals surface area (Å²) < 4.78 is 5.25. The molecule has 0 amide bonds. The largest absolute Gasteiger partial charge is 0.378 e. The van der Waals surface area contributed by atoms with Crippen LogP contribution in [0.5, 0.6) is 0 Å². The van der Waals surface area contributed by atoms with Crippen LogP contribution in [0.15, 0.2) is 4.99 Å². The van der Waals surface area contributed by atoms with E-state index >= 15 is 0 Å². The Balaban J connectivity index is 2.67. The number of ether oxygens (including phenoxy) is 1. The molecule has 1 aliphatic heterocycles. The van der Waals surface area contributed by atoms with Gasteiger partial charge in [-0.15, -0.1) is 0 Å². The highest BCUT2D eigenvalue weighted by molar-refractivity contribution is 7.80. The summed E-state index contributed by atoms with van der Waals surface area (Å²) in [4.78, 5) is 7.01. The summed E-state index contributed by atoms with van der Waals surface area (Å²) in [6.45, 7) is 7.05. The van der Waals surface area contributed by atoms with E-state index in [0.29, 0.717) is 0 Å². The molecule has 0 aliphatic carbocycles. The zero-order valence-electron chi connectivity index (χ0n) is 8.45. The minimum atomic E-state index is -0.422. The quantitative estimate of drug-likeness (QED) is 0.530. The molecule has 5 heteroatoms. The summed E-state index contributed by atoms with van der Waals surface area (Å²) in [5.74, 6) is 0. The standard InChI is InChI=1S/C9H14N2OS2/c1-9(2,10-7-13)8(14)11-3-5-12-6-4-11/h3-6H2,1-2H3. The van der Waals surface area contributed by atoms with E-state index in [1.807, 2.05) is 13.8 Å². The fourth-order valence-corrected chi connectivity index (χ4v) is 1.77. The Morgan fingerprint density at radius 2 is 2.00 bits per heavy atom. The lowest BCUT2D eigenvalue weighted by atomic mass is 10.1. The van der Waals surface area contributed by atoms with Gasteiger partial charge >= 0.3 is 0 Å². The third-order valence-corrected chi connectivity index (χ3v) is 3.00. The summed E-state index contributed by atoms with van der Waals surface area (Å²) in [5.41, 5.74) is -0.422. The number of hydrogen-bond acceptors (Lipinski definition) is 4. The van der Waals surface area contributed by atoms with Crippen LogP contribution >= 0.6 is 24.4 Å². The van der Waals surface area contributed by atoms with E-state index in [-0.39, 0.29) is 0 Å². The van der Waals surface area contributed by atoms with Crippen LogP contribution in [0.25, 0.3) is 0 Å². The maximum atomic E-state index is 5.37. The molecule has 0 aromatic carbocycles. The van der Waals surface area contributed by atoms with Crippen molar-refractivity contribution in [1.82, 2.24) is 4.90 Å². The first-order chi connectivity index (χ1) is 6.58. The fraction of sp³-hybridized carbons (Fsp3) is 0.778. The van der Waals surface area contributed by atoms with Crippen LogP contribution in [0.4, 0.5) is 0 Å². The third-order valence-electron chi connectivity index (χ3n) is 2.15. The molecule has 0 aromatic heterocycles. The lowest BCUT2D eigenvalue weighted by Gasteiger charge is -2.34. The van der Waals surface area contributed by atoms with Gasteiger partial charge in [-0.2, -0.15) is 0 Å². The second-order valence-corrected chi connectivity index (χ2v) is 4.24. The van der Waals surface area contributed by atoms with Crippen molar-refractivity contribution >= 4 is 34.6 Å². The molecule has 3 nitrogen and oxygen atoms in total. The normalized spacial score (nSPS) is 17.4. The van der Waals surface area contributed by atoms with Gasteiger partial charge in [0.05, 0.1) is 18.4 Å². The molecule has 1 fully saturated rings. The Morgan fingerprint density at radius 3 is 2.50 bits per heavy atom. The maximum Gasteiger partial charge on any atom is 0.115 e. The topological polar surface area (TPSA) is 24.8 Å². The van der Waals surface area contributed by atoms with Crippen LogP contribution in [-0.2, 0) is 4.74 Å². The number of hydrogen-bond donors (Lipinski definition) is 0.